The molecule has 0 aromatic rings. The molecule has 0 saturated carbocycles. The predicted octanol–water partition coefficient (Wildman–Crippen LogP) is -4.60. The number of aliphatic carboxylic acids is 1. The molecule has 6 nitrogen and oxygen atoms in total. The maximum absolute atomic E-state index is 9.52. The SMILES string of the molecule is O=C(O)COS(=O)(=O)[O-].[Ba+2].[H-].[H-].[Na+]. The zero-order valence-electron chi connectivity index (χ0n) is 7.81. The summed E-state index contributed by atoms with van der Waals surface area (Å²) in [6, 6.07) is 0. The molecule has 0 fully saturated rings. The van der Waals surface area contributed by atoms with E-state index in [1.165, 1.54) is 0 Å². The molecule has 9 heteroatoms. The maximum Gasteiger partial charge on any atom is 2.00 e. The summed E-state index contributed by atoms with van der Waals surface area (Å²) in [5.74, 6) is -1.51. The topological polar surface area (TPSA) is 104 Å². The van der Waals surface area contributed by atoms with Crippen molar-refractivity contribution in [1.29, 1.82) is 0 Å². The molecule has 0 aliphatic rings. The Morgan fingerprint density at radius 3 is 2.09 bits per heavy atom. The van der Waals surface area contributed by atoms with Crippen molar-refractivity contribution >= 4 is 65.2 Å². The quantitative estimate of drug-likeness (QED) is 0.319. The Morgan fingerprint density at radius 2 is 2.00 bits per heavy atom. The maximum atomic E-state index is 9.52. The Bertz CT molecular complexity index is 207. The molecule has 0 saturated heterocycles. The third-order valence-electron chi connectivity index (χ3n) is 0.327. The standard InChI is InChI=1S/C2H4O6S.Ba.Na.2H/c3-2(4)1-8-9(5,6)7;;;;/h1H2,(H,3,4)(H,5,6,7);;;;/q;+2;+1;2*-1/p-1. The molecular formula is C2H5BaNaO6S. The van der Waals surface area contributed by atoms with Gasteiger partial charge in [-0.25, -0.2) is 13.2 Å². The predicted molar refractivity (Wildman–Crippen MR) is 31.3 cm³/mol. The van der Waals surface area contributed by atoms with Gasteiger partial charge in [-0.3, -0.25) is 4.18 Å². The van der Waals surface area contributed by atoms with E-state index in [9.17, 15) is 17.8 Å². The minimum Gasteiger partial charge on any atom is -1.00 e. The second-order valence-corrected chi connectivity index (χ2v) is 2.12. The van der Waals surface area contributed by atoms with Gasteiger partial charge in [-0.05, 0) is 0 Å². The zero-order valence-corrected chi connectivity index (χ0v) is 13.1. The van der Waals surface area contributed by atoms with Crippen molar-refractivity contribution in [3.63, 3.8) is 0 Å². The van der Waals surface area contributed by atoms with E-state index in [0.29, 0.717) is 0 Å². The third kappa shape index (κ3) is 18.7. The first-order chi connectivity index (χ1) is 3.92. The first kappa shape index (κ1) is 18.6. The average molecular weight is 317 g/mol. The third-order valence-corrected chi connectivity index (χ3v) is 0.733. The Labute approximate surface area is 129 Å². The molecule has 0 amide bonds. The van der Waals surface area contributed by atoms with Crippen LogP contribution in [0.15, 0.2) is 0 Å². The van der Waals surface area contributed by atoms with Crippen molar-refractivity contribution in [3.8, 4) is 0 Å². The number of carboxylic acids is 1. The fourth-order valence-corrected chi connectivity index (χ4v) is 0.368. The van der Waals surface area contributed by atoms with Crippen LogP contribution in [0.3, 0.4) is 0 Å². The zero-order chi connectivity index (χ0) is 7.49. The molecule has 0 spiro atoms. The fourth-order valence-electron chi connectivity index (χ4n) is 0.123. The van der Waals surface area contributed by atoms with Gasteiger partial charge in [0.25, 0.3) is 0 Å². The van der Waals surface area contributed by atoms with Crippen molar-refractivity contribution in [1.82, 2.24) is 0 Å². The van der Waals surface area contributed by atoms with Crippen molar-refractivity contribution in [2.45, 2.75) is 0 Å². The van der Waals surface area contributed by atoms with Crippen LogP contribution in [0, 0.1) is 0 Å². The van der Waals surface area contributed by atoms with Crippen molar-refractivity contribution in [3.05, 3.63) is 0 Å². The average Bonchev–Trinajstić information content (AvgIpc) is 1.59. The number of hydrogen-bond acceptors (Lipinski definition) is 5. The summed E-state index contributed by atoms with van der Waals surface area (Å²) in [6.45, 7) is -1.12. The van der Waals surface area contributed by atoms with Crippen LogP contribution in [0.1, 0.15) is 2.85 Å². The van der Waals surface area contributed by atoms with Gasteiger partial charge in [-0.15, -0.1) is 0 Å². The van der Waals surface area contributed by atoms with Crippen LogP contribution >= 0.6 is 0 Å². The first-order valence-corrected chi connectivity index (χ1v) is 3.07. The number of carbonyl (C=O) groups is 1. The molecule has 0 unspecified atom stereocenters. The van der Waals surface area contributed by atoms with Gasteiger partial charge in [0.15, 0.2) is 6.61 Å². The van der Waals surface area contributed by atoms with Gasteiger partial charge in [0, 0.05) is 0 Å². The molecule has 0 aliphatic heterocycles. The van der Waals surface area contributed by atoms with E-state index >= 15 is 0 Å². The first-order valence-electron chi connectivity index (χ1n) is 1.74. The monoisotopic (exact) mass is 318 g/mol. The molecule has 0 rings (SSSR count). The van der Waals surface area contributed by atoms with Crippen molar-refractivity contribution in [2.24, 2.45) is 0 Å². The second-order valence-electron chi connectivity index (χ2n) is 1.06. The van der Waals surface area contributed by atoms with Gasteiger partial charge in [0.1, 0.15) is 0 Å². The van der Waals surface area contributed by atoms with Gasteiger partial charge >= 0.3 is 84.4 Å². The van der Waals surface area contributed by atoms with Crippen LogP contribution in [0.25, 0.3) is 0 Å². The summed E-state index contributed by atoms with van der Waals surface area (Å²) in [4.78, 5) is 9.52. The summed E-state index contributed by atoms with van der Waals surface area (Å²) in [5.41, 5.74) is 0. The largest absolute Gasteiger partial charge is 2.00 e. The molecule has 0 atom stereocenters. The Morgan fingerprint density at radius 1 is 1.64 bits per heavy atom. The van der Waals surface area contributed by atoms with E-state index in [1.54, 1.807) is 0 Å². The molecule has 58 valence electrons. The molecular weight excluding hydrogens is 312 g/mol. The number of hydrogen-bond donors (Lipinski definition) is 1. The minimum atomic E-state index is -4.85. The molecule has 1 N–H and O–H groups in total. The van der Waals surface area contributed by atoms with Gasteiger partial charge in [0.2, 0.25) is 10.4 Å². The van der Waals surface area contributed by atoms with Crippen LogP contribution in [-0.4, -0.2) is 79.5 Å². The molecule has 0 heterocycles. The van der Waals surface area contributed by atoms with E-state index in [2.05, 4.69) is 4.18 Å². The van der Waals surface area contributed by atoms with Gasteiger partial charge < -0.3 is 12.5 Å². The number of carboxylic acid groups (broad SMARTS) is 1. The van der Waals surface area contributed by atoms with Gasteiger partial charge in [-0.1, -0.05) is 0 Å². The molecule has 0 bridgehead atoms. The molecule has 0 aliphatic carbocycles. The van der Waals surface area contributed by atoms with Crippen LogP contribution in [0.2, 0.25) is 0 Å². The Kier molecular flexibility index (Phi) is 14.4. The summed E-state index contributed by atoms with van der Waals surface area (Å²) in [5, 5.41) is 7.75. The summed E-state index contributed by atoms with van der Waals surface area (Å²) in [6.07, 6.45) is 0. The van der Waals surface area contributed by atoms with Crippen LogP contribution < -0.4 is 29.6 Å². The summed E-state index contributed by atoms with van der Waals surface area (Å²) < 4.78 is 31.8. The smallest absolute Gasteiger partial charge is 1.00 e. The van der Waals surface area contributed by atoms with Crippen LogP contribution in [-0.2, 0) is 19.4 Å². The van der Waals surface area contributed by atoms with Crippen LogP contribution in [0.4, 0.5) is 0 Å². The molecule has 0 radical (unpaired) electrons. The Hall–Kier alpha value is 1.91. The van der Waals surface area contributed by atoms with E-state index in [-0.39, 0.29) is 81.3 Å². The van der Waals surface area contributed by atoms with Gasteiger partial charge in [0.05, 0.1) is 0 Å². The molecule has 0 aromatic heterocycles. The molecule has 0 aromatic carbocycles. The van der Waals surface area contributed by atoms with Crippen molar-refractivity contribution in [2.75, 3.05) is 6.61 Å². The summed E-state index contributed by atoms with van der Waals surface area (Å²) >= 11 is 0. The van der Waals surface area contributed by atoms with Crippen LogP contribution in [0.5, 0.6) is 0 Å². The van der Waals surface area contributed by atoms with Crippen molar-refractivity contribution < 1.29 is 59.5 Å². The van der Waals surface area contributed by atoms with E-state index in [1.807, 2.05) is 0 Å². The summed E-state index contributed by atoms with van der Waals surface area (Å²) in [7, 11) is -4.85. The van der Waals surface area contributed by atoms with E-state index in [0.717, 1.165) is 0 Å². The fraction of sp³-hybridized carbons (Fsp3) is 0.500. The number of rotatable bonds is 3. The minimum absolute atomic E-state index is 0. The second kappa shape index (κ2) is 8.51. The Balaban J connectivity index is -0.0000000533. The molecule has 11 heavy (non-hydrogen) atoms. The van der Waals surface area contributed by atoms with E-state index in [4.69, 9.17) is 5.11 Å². The van der Waals surface area contributed by atoms with Gasteiger partial charge in [-0.2, -0.15) is 0 Å². The normalized spacial score (nSPS) is 9.18. The van der Waals surface area contributed by atoms with E-state index < -0.39 is 23.0 Å².